The van der Waals surface area contributed by atoms with Crippen molar-refractivity contribution in [1.29, 1.82) is 0 Å². The molecular weight excluding hydrogens is 248 g/mol. The lowest BCUT2D eigenvalue weighted by Crippen LogP contribution is -2.39. The molecule has 3 nitrogen and oxygen atoms in total. The highest BCUT2D eigenvalue weighted by Gasteiger charge is 2.19. The third-order valence-electron chi connectivity index (χ3n) is 4.49. The number of hydrogen-bond acceptors (Lipinski definition) is 2. The van der Waals surface area contributed by atoms with E-state index < -0.39 is 0 Å². The van der Waals surface area contributed by atoms with Gasteiger partial charge >= 0.3 is 0 Å². The maximum Gasteiger partial charge on any atom is 0.238 e. The van der Waals surface area contributed by atoms with Gasteiger partial charge in [0.15, 0.2) is 0 Å². The van der Waals surface area contributed by atoms with E-state index in [0.29, 0.717) is 6.54 Å². The van der Waals surface area contributed by atoms with Gasteiger partial charge in [-0.15, -0.1) is 0 Å². The molecule has 108 valence electrons. The van der Waals surface area contributed by atoms with E-state index >= 15 is 0 Å². The third kappa shape index (κ3) is 3.21. The van der Waals surface area contributed by atoms with Crippen LogP contribution in [0.25, 0.3) is 0 Å². The summed E-state index contributed by atoms with van der Waals surface area (Å²) in [6.45, 7) is 4.91. The first-order chi connectivity index (χ1) is 9.70. The first-order valence-corrected chi connectivity index (χ1v) is 7.85. The highest BCUT2D eigenvalue weighted by atomic mass is 16.2. The average molecular weight is 272 g/mol. The molecule has 1 atom stereocenters. The molecule has 1 fully saturated rings. The number of aryl methyl sites for hydroxylation is 2. The van der Waals surface area contributed by atoms with Gasteiger partial charge in [0, 0.05) is 12.2 Å². The van der Waals surface area contributed by atoms with Gasteiger partial charge in [-0.3, -0.25) is 9.69 Å². The number of fused-ring (bicyclic) bond motifs is 1. The zero-order chi connectivity index (χ0) is 13.9. The fourth-order valence-electron chi connectivity index (χ4n) is 3.48. The van der Waals surface area contributed by atoms with Crippen molar-refractivity contribution in [3.8, 4) is 0 Å². The molecule has 3 rings (SSSR count). The summed E-state index contributed by atoms with van der Waals surface area (Å²) in [4.78, 5) is 14.4. The van der Waals surface area contributed by atoms with Gasteiger partial charge in [0.05, 0.1) is 6.54 Å². The van der Waals surface area contributed by atoms with Crippen LogP contribution < -0.4 is 5.32 Å². The Balaban J connectivity index is 1.56. The summed E-state index contributed by atoms with van der Waals surface area (Å²) in [5, 5.41) is 3.05. The topological polar surface area (TPSA) is 32.3 Å². The van der Waals surface area contributed by atoms with Gasteiger partial charge in [-0.2, -0.15) is 0 Å². The summed E-state index contributed by atoms with van der Waals surface area (Å²) >= 11 is 0. The Morgan fingerprint density at radius 3 is 3.00 bits per heavy atom. The van der Waals surface area contributed by atoms with Crippen LogP contribution in [0.2, 0.25) is 0 Å². The highest BCUT2D eigenvalue weighted by Crippen LogP contribution is 2.25. The molecule has 3 heteroatoms. The fraction of sp³-hybridized carbons (Fsp3) is 0.588. The van der Waals surface area contributed by atoms with Crippen LogP contribution in [0, 0.1) is 5.92 Å². The number of piperidine rings is 1. The minimum absolute atomic E-state index is 0.122. The minimum Gasteiger partial charge on any atom is -0.325 e. The molecule has 2 aliphatic rings. The zero-order valence-corrected chi connectivity index (χ0v) is 12.3. The predicted molar refractivity (Wildman–Crippen MR) is 81.9 cm³/mol. The molecule has 0 aromatic heterocycles. The third-order valence-corrected chi connectivity index (χ3v) is 4.49. The number of benzene rings is 1. The number of carbonyl (C=O) groups is 1. The second-order valence-corrected chi connectivity index (χ2v) is 6.37. The molecular formula is C17H24N2O. The molecule has 0 bridgehead atoms. The molecule has 0 spiro atoms. The normalized spacial score (nSPS) is 22.6. The molecule has 0 unspecified atom stereocenters. The van der Waals surface area contributed by atoms with E-state index in [0.717, 1.165) is 31.1 Å². The van der Waals surface area contributed by atoms with E-state index in [1.165, 1.54) is 36.8 Å². The fourth-order valence-corrected chi connectivity index (χ4v) is 3.48. The van der Waals surface area contributed by atoms with E-state index in [-0.39, 0.29) is 5.91 Å². The molecule has 1 aliphatic heterocycles. The van der Waals surface area contributed by atoms with Crippen molar-refractivity contribution in [2.24, 2.45) is 5.92 Å². The monoisotopic (exact) mass is 272 g/mol. The zero-order valence-electron chi connectivity index (χ0n) is 12.3. The number of nitrogens with one attached hydrogen (secondary N) is 1. The standard InChI is InChI=1S/C17H24N2O/c1-13-4-3-9-19(11-13)12-17(20)18-16-8-7-14-5-2-6-15(14)10-16/h7-8,10,13H,2-6,9,11-12H2,1H3,(H,18,20)/t13-/m1/s1. The molecule has 0 saturated carbocycles. The van der Waals surface area contributed by atoms with Crippen LogP contribution in [-0.2, 0) is 17.6 Å². The van der Waals surface area contributed by atoms with Crippen LogP contribution >= 0.6 is 0 Å². The number of anilines is 1. The van der Waals surface area contributed by atoms with Gasteiger partial charge in [0.25, 0.3) is 0 Å². The summed E-state index contributed by atoms with van der Waals surface area (Å²) in [6.07, 6.45) is 6.10. The SMILES string of the molecule is C[C@@H]1CCCN(CC(=O)Nc2ccc3c(c2)CCC3)C1. The molecule has 1 aromatic rings. The lowest BCUT2D eigenvalue weighted by Gasteiger charge is -2.30. The Labute approximate surface area is 121 Å². The van der Waals surface area contributed by atoms with Crippen molar-refractivity contribution in [3.63, 3.8) is 0 Å². The van der Waals surface area contributed by atoms with Crippen LogP contribution in [0.15, 0.2) is 18.2 Å². The Bertz CT molecular complexity index is 498. The summed E-state index contributed by atoms with van der Waals surface area (Å²) in [5.41, 5.74) is 3.82. The van der Waals surface area contributed by atoms with Crippen molar-refractivity contribution in [3.05, 3.63) is 29.3 Å². The van der Waals surface area contributed by atoms with E-state index in [1.54, 1.807) is 0 Å². The number of amides is 1. The van der Waals surface area contributed by atoms with E-state index in [9.17, 15) is 4.79 Å². The second kappa shape index (κ2) is 5.96. The predicted octanol–water partition coefficient (Wildman–Crippen LogP) is 2.85. The highest BCUT2D eigenvalue weighted by molar-refractivity contribution is 5.92. The Kier molecular flexibility index (Phi) is 4.06. The number of nitrogens with zero attached hydrogens (tertiary/aromatic N) is 1. The van der Waals surface area contributed by atoms with Crippen LogP contribution in [0.3, 0.4) is 0 Å². The van der Waals surface area contributed by atoms with Crippen LogP contribution in [0.5, 0.6) is 0 Å². The van der Waals surface area contributed by atoms with E-state index in [1.807, 2.05) is 6.07 Å². The summed E-state index contributed by atoms with van der Waals surface area (Å²) < 4.78 is 0. The van der Waals surface area contributed by atoms with Crippen molar-refractivity contribution >= 4 is 11.6 Å². The van der Waals surface area contributed by atoms with E-state index in [2.05, 4.69) is 29.3 Å². The van der Waals surface area contributed by atoms with Crippen molar-refractivity contribution in [2.75, 3.05) is 25.0 Å². The number of rotatable bonds is 3. The molecule has 1 N–H and O–H groups in total. The van der Waals surface area contributed by atoms with Crippen molar-refractivity contribution in [2.45, 2.75) is 39.0 Å². The van der Waals surface area contributed by atoms with Gasteiger partial charge in [-0.05, 0) is 67.8 Å². The number of hydrogen-bond donors (Lipinski definition) is 1. The molecule has 1 saturated heterocycles. The lowest BCUT2D eigenvalue weighted by molar-refractivity contribution is -0.117. The minimum atomic E-state index is 0.122. The maximum absolute atomic E-state index is 12.1. The molecule has 1 aromatic carbocycles. The summed E-state index contributed by atoms with van der Waals surface area (Å²) in [5.74, 6) is 0.841. The van der Waals surface area contributed by atoms with Gasteiger partial charge in [0.2, 0.25) is 5.91 Å². The molecule has 1 aliphatic carbocycles. The largest absolute Gasteiger partial charge is 0.325 e. The Morgan fingerprint density at radius 1 is 1.30 bits per heavy atom. The lowest BCUT2D eigenvalue weighted by atomic mass is 10.0. The quantitative estimate of drug-likeness (QED) is 0.917. The average Bonchev–Trinajstić information content (AvgIpc) is 2.86. The van der Waals surface area contributed by atoms with Crippen LogP contribution in [0.1, 0.15) is 37.3 Å². The number of likely N-dealkylation sites (tertiary alicyclic amines) is 1. The maximum atomic E-state index is 12.1. The number of carbonyl (C=O) groups excluding carboxylic acids is 1. The van der Waals surface area contributed by atoms with Crippen LogP contribution in [0.4, 0.5) is 5.69 Å². The molecule has 0 radical (unpaired) electrons. The summed E-state index contributed by atoms with van der Waals surface area (Å²) in [7, 11) is 0. The molecule has 20 heavy (non-hydrogen) atoms. The Morgan fingerprint density at radius 2 is 2.15 bits per heavy atom. The Hall–Kier alpha value is -1.35. The van der Waals surface area contributed by atoms with Crippen molar-refractivity contribution < 1.29 is 4.79 Å². The van der Waals surface area contributed by atoms with Gasteiger partial charge in [0.1, 0.15) is 0 Å². The first-order valence-electron chi connectivity index (χ1n) is 7.85. The van der Waals surface area contributed by atoms with Gasteiger partial charge < -0.3 is 5.32 Å². The molecule has 1 heterocycles. The van der Waals surface area contributed by atoms with Gasteiger partial charge in [-0.1, -0.05) is 13.0 Å². The van der Waals surface area contributed by atoms with Crippen LogP contribution in [-0.4, -0.2) is 30.4 Å². The second-order valence-electron chi connectivity index (χ2n) is 6.37. The molecule has 1 amide bonds. The van der Waals surface area contributed by atoms with Gasteiger partial charge in [-0.25, -0.2) is 0 Å². The first kappa shape index (κ1) is 13.6. The van der Waals surface area contributed by atoms with E-state index in [4.69, 9.17) is 0 Å². The smallest absolute Gasteiger partial charge is 0.238 e. The summed E-state index contributed by atoms with van der Waals surface area (Å²) in [6, 6.07) is 6.36. The van der Waals surface area contributed by atoms with Crippen molar-refractivity contribution in [1.82, 2.24) is 4.90 Å².